The number of carbonyl (C=O) groups is 11. The second-order valence-electron chi connectivity index (χ2n) is 17.7. The number of rotatable bonds is 17. The van der Waals surface area contributed by atoms with Gasteiger partial charge in [0.1, 0.15) is 42.3 Å². The van der Waals surface area contributed by atoms with Crippen molar-refractivity contribution in [1.82, 2.24) is 42.1 Å². The fourth-order valence-electron chi connectivity index (χ4n) is 7.53. The predicted octanol–water partition coefficient (Wildman–Crippen LogP) is -3.01. The maximum Gasteiger partial charge on any atom is 0.246 e. The molecule has 25 heteroatoms. The maximum absolute atomic E-state index is 14.5. The standard InChI is InChI=1S/C44H68N12O11S2/c1-6-23(4)36-43(66)50-27(13-14-33(46)57)39(62)52-30(18-34(47)58)40(63)54-31(21-69-68-20-26(45)37(60)51-29(41(64)55-36)17-25-11-8-7-10-24(25)5)44(67)56-15-9-12-32(56)42(65)53-28(16-22(2)3)38(61)49-19-35(48)59/h7-8,10-11,22-23,26-32,36H,6,9,12-21,45H2,1-5H3,(H2,46,57)(H2,47,58)(H2,48,59)(H,49,61)(H,50,66)(H,51,60)(H,52,62)(H,53,65)(H,54,63)(H,55,64)/t23-,26-,27-,28-,29+,30-,31-,32-,36-/m0/s1. The number of primary amides is 3. The number of hydrogen-bond donors (Lipinski definition) is 11. The second-order valence-corrected chi connectivity index (χ2v) is 20.2. The molecule has 0 bridgehead atoms. The average Bonchev–Trinajstić information content (AvgIpc) is 3.78. The molecule has 1 aromatic carbocycles. The van der Waals surface area contributed by atoms with Crippen LogP contribution in [0.1, 0.15) is 83.8 Å². The highest BCUT2D eigenvalue weighted by Gasteiger charge is 2.41. The molecule has 382 valence electrons. The van der Waals surface area contributed by atoms with E-state index in [9.17, 15) is 52.7 Å². The van der Waals surface area contributed by atoms with Gasteiger partial charge in [0.15, 0.2) is 0 Å². The number of hydrogen-bond acceptors (Lipinski definition) is 14. The average molecular weight is 1010 g/mol. The molecule has 0 spiro atoms. The van der Waals surface area contributed by atoms with E-state index in [1.807, 2.05) is 32.9 Å². The fraction of sp³-hybridized carbons (Fsp3) is 0.614. The Morgan fingerprint density at radius 2 is 1.41 bits per heavy atom. The highest BCUT2D eigenvalue weighted by Crippen LogP contribution is 2.26. The summed E-state index contributed by atoms with van der Waals surface area (Å²) in [5, 5.41) is 18.1. The molecule has 0 aliphatic carbocycles. The van der Waals surface area contributed by atoms with Crippen LogP contribution in [0.25, 0.3) is 0 Å². The van der Waals surface area contributed by atoms with E-state index in [-0.39, 0.29) is 49.7 Å². The highest BCUT2D eigenvalue weighted by molar-refractivity contribution is 8.76. The summed E-state index contributed by atoms with van der Waals surface area (Å²) >= 11 is 0. The van der Waals surface area contributed by atoms with Crippen molar-refractivity contribution < 1.29 is 52.7 Å². The van der Waals surface area contributed by atoms with Crippen LogP contribution in [-0.2, 0) is 59.2 Å². The van der Waals surface area contributed by atoms with Gasteiger partial charge in [0.25, 0.3) is 0 Å². The largest absolute Gasteiger partial charge is 0.370 e. The van der Waals surface area contributed by atoms with Gasteiger partial charge in [-0.2, -0.15) is 0 Å². The van der Waals surface area contributed by atoms with E-state index in [2.05, 4.69) is 37.2 Å². The number of nitrogens with zero attached hydrogens (tertiary/aromatic N) is 1. The minimum atomic E-state index is -1.74. The molecule has 9 atom stereocenters. The van der Waals surface area contributed by atoms with Gasteiger partial charge in [0.2, 0.25) is 65.0 Å². The molecule has 2 heterocycles. The first-order chi connectivity index (χ1) is 32.5. The lowest BCUT2D eigenvalue weighted by molar-refractivity contribution is -0.142. The molecule has 11 amide bonds. The fourth-order valence-corrected chi connectivity index (χ4v) is 9.81. The molecule has 0 unspecified atom stereocenters. The molecule has 2 aliphatic heterocycles. The Morgan fingerprint density at radius 1 is 0.783 bits per heavy atom. The number of likely N-dealkylation sites (tertiary alicyclic amines) is 1. The van der Waals surface area contributed by atoms with Crippen LogP contribution in [0.15, 0.2) is 24.3 Å². The Bertz CT molecular complexity index is 2060. The summed E-state index contributed by atoms with van der Waals surface area (Å²) in [4.78, 5) is 148. The third kappa shape index (κ3) is 18.5. The van der Waals surface area contributed by atoms with Crippen LogP contribution in [0.2, 0.25) is 0 Å². The Kier molecular flexibility index (Phi) is 23.2. The van der Waals surface area contributed by atoms with E-state index in [1.165, 1.54) is 4.90 Å². The topological polar surface area (TPSA) is 379 Å². The van der Waals surface area contributed by atoms with Crippen LogP contribution >= 0.6 is 21.6 Å². The molecule has 0 saturated carbocycles. The molecule has 69 heavy (non-hydrogen) atoms. The van der Waals surface area contributed by atoms with Crippen molar-refractivity contribution >= 4 is 86.6 Å². The minimum Gasteiger partial charge on any atom is -0.370 e. The molecule has 23 nitrogen and oxygen atoms in total. The molecule has 2 aliphatic rings. The lowest BCUT2D eigenvalue weighted by atomic mass is 9.95. The van der Waals surface area contributed by atoms with E-state index in [4.69, 9.17) is 22.9 Å². The van der Waals surface area contributed by atoms with Crippen molar-refractivity contribution in [1.29, 1.82) is 0 Å². The first kappa shape index (κ1) is 57.4. The Labute approximate surface area is 409 Å². The molecule has 2 saturated heterocycles. The maximum atomic E-state index is 14.5. The molecule has 0 radical (unpaired) electrons. The first-order valence-corrected chi connectivity index (χ1v) is 25.3. The quantitative estimate of drug-likeness (QED) is 0.0694. The van der Waals surface area contributed by atoms with Crippen LogP contribution in [0.4, 0.5) is 0 Å². The van der Waals surface area contributed by atoms with Crippen LogP contribution in [-0.4, -0.2) is 143 Å². The van der Waals surface area contributed by atoms with E-state index in [0.29, 0.717) is 12.8 Å². The normalized spacial score (nSPS) is 24.3. The molecule has 0 aromatic heterocycles. The molecular weight excluding hydrogens is 937 g/mol. The van der Waals surface area contributed by atoms with Gasteiger partial charge in [-0.15, -0.1) is 0 Å². The summed E-state index contributed by atoms with van der Waals surface area (Å²) in [7, 11) is 2.10. The van der Waals surface area contributed by atoms with Crippen molar-refractivity contribution in [2.75, 3.05) is 24.6 Å². The van der Waals surface area contributed by atoms with E-state index >= 15 is 0 Å². The van der Waals surface area contributed by atoms with Gasteiger partial charge in [0, 0.05) is 30.9 Å². The number of aryl methyl sites for hydroxylation is 1. The summed E-state index contributed by atoms with van der Waals surface area (Å²) in [5.41, 5.74) is 24.0. The SMILES string of the molecule is CC[C@H](C)[C@@H]1NC(=O)[C@@H](Cc2ccccc2C)NC(=O)[C@@H](N)CSSC[C@@H](C(=O)N2CCC[C@H]2C(=O)N[C@@H](CC(C)C)C(=O)NCC(N)=O)NC(=O)[C@H](CC(N)=O)NC(=O)[C@H](CCC(N)=O)NC1=O. The Hall–Kier alpha value is -5.95. The number of nitrogens with one attached hydrogen (secondary N) is 7. The van der Waals surface area contributed by atoms with Crippen molar-refractivity contribution in [3.8, 4) is 0 Å². The van der Waals surface area contributed by atoms with Gasteiger partial charge >= 0.3 is 0 Å². The zero-order valence-electron chi connectivity index (χ0n) is 39.6. The summed E-state index contributed by atoms with van der Waals surface area (Å²) in [6.07, 6.45) is -0.467. The van der Waals surface area contributed by atoms with E-state index in [1.54, 1.807) is 26.0 Å². The third-order valence-electron chi connectivity index (χ3n) is 11.6. The highest BCUT2D eigenvalue weighted by atomic mass is 33.1. The van der Waals surface area contributed by atoms with E-state index < -0.39 is 139 Å². The van der Waals surface area contributed by atoms with Gasteiger partial charge in [0.05, 0.1) is 19.0 Å². The number of benzene rings is 1. The predicted molar refractivity (Wildman–Crippen MR) is 257 cm³/mol. The zero-order valence-corrected chi connectivity index (χ0v) is 41.3. The molecule has 1 aromatic rings. The number of carbonyl (C=O) groups excluding carboxylic acids is 11. The molecule has 3 rings (SSSR count). The van der Waals surface area contributed by atoms with Crippen LogP contribution < -0.4 is 60.2 Å². The number of amides is 11. The smallest absolute Gasteiger partial charge is 0.246 e. The minimum absolute atomic E-state index is 0.0124. The van der Waals surface area contributed by atoms with Gasteiger partial charge < -0.3 is 65.1 Å². The molecular formula is C44H68N12O11S2. The molecule has 2 fully saturated rings. The van der Waals surface area contributed by atoms with Gasteiger partial charge in [-0.05, 0) is 55.6 Å². The van der Waals surface area contributed by atoms with Crippen molar-refractivity contribution in [3.63, 3.8) is 0 Å². The monoisotopic (exact) mass is 1000 g/mol. The zero-order chi connectivity index (χ0) is 51.5. The Morgan fingerprint density at radius 3 is 2.03 bits per heavy atom. The summed E-state index contributed by atoms with van der Waals surface area (Å²) in [6, 6.07) is -3.46. The lowest BCUT2D eigenvalue weighted by Gasteiger charge is -2.31. The molecule has 15 N–H and O–H groups in total. The van der Waals surface area contributed by atoms with Gasteiger partial charge in [-0.25, -0.2) is 0 Å². The van der Waals surface area contributed by atoms with Crippen LogP contribution in [0, 0.1) is 18.8 Å². The van der Waals surface area contributed by atoms with Crippen LogP contribution in [0.3, 0.4) is 0 Å². The first-order valence-electron chi connectivity index (χ1n) is 22.8. The summed E-state index contributed by atoms with van der Waals surface area (Å²) in [6.45, 7) is 8.52. The second kappa shape index (κ2) is 27.9. The van der Waals surface area contributed by atoms with Crippen molar-refractivity contribution in [2.24, 2.45) is 34.8 Å². The van der Waals surface area contributed by atoms with Gasteiger partial charge in [-0.1, -0.05) is 80.0 Å². The van der Waals surface area contributed by atoms with Crippen LogP contribution in [0.5, 0.6) is 0 Å². The van der Waals surface area contributed by atoms with Gasteiger partial charge in [-0.3, -0.25) is 52.7 Å². The third-order valence-corrected chi connectivity index (χ3v) is 14.0. The lowest BCUT2D eigenvalue weighted by Crippen LogP contribution is -2.61. The van der Waals surface area contributed by atoms with Crippen molar-refractivity contribution in [2.45, 2.75) is 134 Å². The summed E-state index contributed by atoms with van der Waals surface area (Å²) < 4.78 is 0. The number of nitrogens with two attached hydrogens (primary N) is 4. The van der Waals surface area contributed by atoms with Crippen molar-refractivity contribution in [3.05, 3.63) is 35.4 Å². The Balaban J connectivity index is 2.06. The summed E-state index contributed by atoms with van der Waals surface area (Å²) in [5.74, 6) is -10.00. The van der Waals surface area contributed by atoms with E-state index in [0.717, 1.165) is 32.7 Å².